The molecule has 0 heterocycles. The second kappa shape index (κ2) is 3.20. The molecule has 3 nitrogen and oxygen atoms in total. The second-order valence-corrected chi connectivity index (χ2v) is 7.72. The van der Waals surface area contributed by atoms with E-state index in [1.807, 2.05) is 0 Å². The summed E-state index contributed by atoms with van der Waals surface area (Å²) in [5.41, 5.74) is 0.564. The first-order valence-electron chi connectivity index (χ1n) is 5.00. The summed E-state index contributed by atoms with van der Waals surface area (Å²) in [5.74, 6) is 0.232. The predicted molar refractivity (Wildman–Crippen MR) is 59.1 cm³/mol. The van der Waals surface area contributed by atoms with Gasteiger partial charge >= 0.3 is 0 Å². The van der Waals surface area contributed by atoms with Crippen LogP contribution in [0, 0.1) is 10.8 Å². The van der Waals surface area contributed by atoms with Crippen LogP contribution >= 0.6 is 0 Å². The molecule has 0 saturated heterocycles. The molecule has 1 N–H and O–H groups in total. The Bertz CT molecular complexity index is 303. The fourth-order valence-electron chi connectivity index (χ4n) is 2.10. The molecule has 1 aliphatic rings. The van der Waals surface area contributed by atoms with Crippen LogP contribution in [0.1, 0.15) is 27.7 Å². The summed E-state index contributed by atoms with van der Waals surface area (Å²) in [6.45, 7) is 9.42. The van der Waals surface area contributed by atoms with Gasteiger partial charge in [0.2, 0.25) is 0 Å². The minimum absolute atomic E-state index is 0.232. The minimum atomic E-state index is -2.83. The summed E-state index contributed by atoms with van der Waals surface area (Å²) in [6, 6.07) is 0.441. The Balaban J connectivity index is 2.37. The largest absolute Gasteiger partial charge is 0.312 e. The van der Waals surface area contributed by atoms with Gasteiger partial charge < -0.3 is 5.32 Å². The predicted octanol–water partition coefficient (Wildman–Crippen LogP) is 1.06. The summed E-state index contributed by atoms with van der Waals surface area (Å²) in [4.78, 5) is 0. The highest BCUT2D eigenvalue weighted by Crippen LogP contribution is 2.62. The molecule has 0 spiro atoms. The summed E-state index contributed by atoms with van der Waals surface area (Å²) in [7, 11) is -2.83. The van der Waals surface area contributed by atoms with Gasteiger partial charge in [0.05, 0.1) is 5.75 Å². The SMILES string of the molecule is CC1(C)C(NCCS(C)(=O)=O)C1(C)C. The zero-order valence-electron chi connectivity index (χ0n) is 9.72. The summed E-state index contributed by atoms with van der Waals surface area (Å²) in [5, 5.41) is 3.31. The molecule has 0 aliphatic heterocycles. The van der Waals surface area contributed by atoms with Crippen molar-refractivity contribution in [3.05, 3.63) is 0 Å². The van der Waals surface area contributed by atoms with Crippen molar-refractivity contribution >= 4 is 9.84 Å². The van der Waals surface area contributed by atoms with Crippen LogP contribution in [0.5, 0.6) is 0 Å². The monoisotopic (exact) mass is 219 g/mol. The Hall–Kier alpha value is -0.0900. The first kappa shape index (κ1) is 12.0. The molecule has 1 rings (SSSR count). The maximum Gasteiger partial charge on any atom is 0.148 e. The number of hydrogen-bond acceptors (Lipinski definition) is 3. The molecule has 1 aliphatic carbocycles. The summed E-state index contributed by atoms with van der Waals surface area (Å²) < 4.78 is 21.8. The van der Waals surface area contributed by atoms with Gasteiger partial charge in [0, 0.05) is 18.8 Å². The number of hydrogen-bond donors (Lipinski definition) is 1. The van der Waals surface area contributed by atoms with Crippen LogP contribution in [-0.4, -0.2) is 33.0 Å². The Morgan fingerprint density at radius 2 is 1.57 bits per heavy atom. The van der Waals surface area contributed by atoms with Crippen LogP contribution in [0.15, 0.2) is 0 Å². The van der Waals surface area contributed by atoms with Gasteiger partial charge in [0.1, 0.15) is 9.84 Å². The average Bonchev–Trinajstić information content (AvgIpc) is 2.28. The first-order valence-corrected chi connectivity index (χ1v) is 7.06. The zero-order valence-corrected chi connectivity index (χ0v) is 10.5. The molecule has 4 heteroatoms. The maximum atomic E-state index is 10.9. The van der Waals surface area contributed by atoms with E-state index in [9.17, 15) is 8.42 Å². The van der Waals surface area contributed by atoms with Gasteiger partial charge in [-0.1, -0.05) is 27.7 Å². The Morgan fingerprint density at radius 3 is 1.86 bits per heavy atom. The van der Waals surface area contributed by atoms with Crippen molar-refractivity contribution in [3.63, 3.8) is 0 Å². The molecular formula is C10H21NO2S. The molecule has 84 valence electrons. The molecule has 0 aromatic heterocycles. The van der Waals surface area contributed by atoms with Crippen molar-refractivity contribution in [2.45, 2.75) is 33.7 Å². The highest BCUT2D eigenvalue weighted by molar-refractivity contribution is 7.90. The van der Waals surface area contributed by atoms with Crippen molar-refractivity contribution < 1.29 is 8.42 Å². The van der Waals surface area contributed by atoms with E-state index in [2.05, 4.69) is 33.0 Å². The zero-order chi connectivity index (χ0) is 11.2. The van der Waals surface area contributed by atoms with E-state index >= 15 is 0 Å². The fraction of sp³-hybridized carbons (Fsp3) is 1.00. The highest BCUT2D eigenvalue weighted by Gasteiger charge is 2.64. The molecule has 0 aromatic carbocycles. The lowest BCUT2D eigenvalue weighted by Crippen LogP contribution is -2.28. The minimum Gasteiger partial charge on any atom is -0.312 e. The van der Waals surface area contributed by atoms with E-state index < -0.39 is 9.84 Å². The van der Waals surface area contributed by atoms with Crippen LogP contribution in [-0.2, 0) is 9.84 Å². The lowest BCUT2D eigenvalue weighted by atomic mass is 10.0. The van der Waals surface area contributed by atoms with Gasteiger partial charge in [-0.05, 0) is 10.8 Å². The quantitative estimate of drug-likeness (QED) is 0.769. The van der Waals surface area contributed by atoms with Gasteiger partial charge in [0.25, 0.3) is 0 Å². The first-order chi connectivity index (χ1) is 6.09. The molecule has 14 heavy (non-hydrogen) atoms. The Morgan fingerprint density at radius 1 is 1.14 bits per heavy atom. The molecule has 0 atom stereocenters. The van der Waals surface area contributed by atoms with Gasteiger partial charge in [-0.25, -0.2) is 8.42 Å². The van der Waals surface area contributed by atoms with E-state index in [1.165, 1.54) is 6.26 Å². The number of nitrogens with one attached hydrogen (secondary N) is 1. The molecule has 0 bridgehead atoms. The van der Waals surface area contributed by atoms with Gasteiger partial charge in [-0.15, -0.1) is 0 Å². The molecule has 1 saturated carbocycles. The third-order valence-electron chi connectivity index (χ3n) is 3.84. The van der Waals surface area contributed by atoms with Crippen molar-refractivity contribution in [1.82, 2.24) is 5.32 Å². The van der Waals surface area contributed by atoms with Crippen LogP contribution in [0.3, 0.4) is 0 Å². The Kier molecular flexibility index (Phi) is 2.74. The smallest absolute Gasteiger partial charge is 0.148 e. The van der Waals surface area contributed by atoms with E-state index in [1.54, 1.807) is 0 Å². The van der Waals surface area contributed by atoms with Crippen LogP contribution in [0.25, 0.3) is 0 Å². The van der Waals surface area contributed by atoms with Gasteiger partial charge in [-0.3, -0.25) is 0 Å². The maximum absolute atomic E-state index is 10.9. The topological polar surface area (TPSA) is 46.2 Å². The summed E-state index contributed by atoms with van der Waals surface area (Å²) >= 11 is 0. The van der Waals surface area contributed by atoms with E-state index in [4.69, 9.17) is 0 Å². The molecule has 0 amide bonds. The summed E-state index contributed by atoms with van der Waals surface area (Å²) in [6.07, 6.45) is 1.28. The lowest BCUT2D eigenvalue weighted by Gasteiger charge is -2.04. The van der Waals surface area contributed by atoms with Crippen LogP contribution in [0.2, 0.25) is 0 Å². The standard InChI is InChI=1S/C10H21NO2S/c1-9(2)8(10(9,3)4)11-6-7-14(5,12)13/h8,11H,6-7H2,1-5H3. The highest BCUT2D eigenvalue weighted by atomic mass is 32.2. The molecule has 0 radical (unpaired) electrons. The van der Waals surface area contributed by atoms with E-state index in [0.29, 0.717) is 12.6 Å². The van der Waals surface area contributed by atoms with Gasteiger partial charge in [-0.2, -0.15) is 0 Å². The fourth-order valence-corrected chi connectivity index (χ4v) is 2.58. The van der Waals surface area contributed by atoms with Crippen molar-refractivity contribution in [1.29, 1.82) is 0 Å². The van der Waals surface area contributed by atoms with Crippen molar-refractivity contribution in [2.24, 2.45) is 10.8 Å². The molecule has 1 fully saturated rings. The molecule has 0 aromatic rings. The van der Waals surface area contributed by atoms with E-state index in [-0.39, 0.29) is 16.6 Å². The number of rotatable bonds is 4. The molecule has 0 unspecified atom stereocenters. The third-order valence-corrected chi connectivity index (χ3v) is 4.79. The second-order valence-electron chi connectivity index (χ2n) is 5.46. The van der Waals surface area contributed by atoms with Crippen molar-refractivity contribution in [3.8, 4) is 0 Å². The van der Waals surface area contributed by atoms with Crippen LogP contribution in [0.4, 0.5) is 0 Å². The third kappa shape index (κ3) is 2.11. The number of sulfone groups is 1. The van der Waals surface area contributed by atoms with Crippen LogP contribution < -0.4 is 5.32 Å². The van der Waals surface area contributed by atoms with Gasteiger partial charge in [0.15, 0.2) is 0 Å². The van der Waals surface area contributed by atoms with Crippen molar-refractivity contribution in [2.75, 3.05) is 18.6 Å². The molecular weight excluding hydrogens is 198 g/mol. The van der Waals surface area contributed by atoms with E-state index in [0.717, 1.165) is 0 Å². The Labute approximate surface area is 87.2 Å². The average molecular weight is 219 g/mol. The normalized spacial score (nSPS) is 24.9. The lowest BCUT2D eigenvalue weighted by molar-refractivity contribution is 0.457.